The van der Waals surface area contributed by atoms with E-state index in [0.717, 1.165) is 46.1 Å². The number of benzene rings is 2. The summed E-state index contributed by atoms with van der Waals surface area (Å²) >= 11 is 0. The molecule has 1 fully saturated rings. The van der Waals surface area contributed by atoms with E-state index in [4.69, 9.17) is 4.98 Å². The molecule has 3 aromatic rings. The summed E-state index contributed by atoms with van der Waals surface area (Å²) in [5.74, 6) is -0.0979. The van der Waals surface area contributed by atoms with E-state index in [1.807, 2.05) is 30.3 Å². The minimum Gasteiger partial charge on any atom is -0.393 e. The van der Waals surface area contributed by atoms with Gasteiger partial charge in [-0.05, 0) is 36.6 Å². The van der Waals surface area contributed by atoms with Crippen molar-refractivity contribution in [3.05, 3.63) is 71.7 Å². The predicted octanol–water partition coefficient (Wildman–Crippen LogP) is 5.66. The average Bonchev–Trinajstić information content (AvgIpc) is 3.62. The van der Waals surface area contributed by atoms with Crippen LogP contribution in [0, 0.1) is 11.7 Å². The van der Waals surface area contributed by atoms with Crippen LogP contribution in [0.25, 0.3) is 28.1 Å². The number of pyridine rings is 1. The lowest BCUT2D eigenvalue weighted by atomic mass is 9.92. The van der Waals surface area contributed by atoms with Crippen LogP contribution in [-0.2, 0) is 4.79 Å². The van der Waals surface area contributed by atoms with Crippen molar-refractivity contribution >= 4 is 22.8 Å². The Balaban J connectivity index is 1.71. The molecule has 0 spiro atoms. The molecule has 1 heterocycles. The molecule has 0 saturated heterocycles. The van der Waals surface area contributed by atoms with Crippen LogP contribution in [0.2, 0.25) is 0 Å². The van der Waals surface area contributed by atoms with E-state index >= 15 is 0 Å². The minimum absolute atomic E-state index is 0.0213. The number of carbonyl (C=O) groups is 1. The number of rotatable bonds is 9. The van der Waals surface area contributed by atoms with Gasteiger partial charge in [0, 0.05) is 41.2 Å². The number of aliphatic hydroxyl groups excluding tert-OH is 2. The molecule has 1 aliphatic carbocycles. The maximum absolute atomic E-state index is 13.6. The van der Waals surface area contributed by atoms with Crippen LogP contribution < -0.4 is 0 Å². The molecule has 33 heavy (non-hydrogen) atoms. The zero-order chi connectivity index (χ0) is 23.5. The van der Waals surface area contributed by atoms with E-state index in [1.165, 1.54) is 12.1 Å². The molecule has 1 aromatic heterocycles. The van der Waals surface area contributed by atoms with Gasteiger partial charge in [-0.1, -0.05) is 56.3 Å². The summed E-state index contributed by atoms with van der Waals surface area (Å²) in [5.41, 5.74) is 4.62. The zero-order valence-electron chi connectivity index (χ0n) is 19.0. The van der Waals surface area contributed by atoms with E-state index in [2.05, 4.69) is 0 Å². The summed E-state index contributed by atoms with van der Waals surface area (Å²) in [6.07, 6.45) is 3.98. The quantitative estimate of drug-likeness (QED) is 0.444. The van der Waals surface area contributed by atoms with Crippen LogP contribution in [0.5, 0.6) is 0 Å². The highest BCUT2D eigenvalue weighted by Crippen LogP contribution is 2.45. The maximum atomic E-state index is 13.6. The molecule has 2 atom stereocenters. The Morgan fingerprint density at radius 1 is 1.12 bits per heavy atom. The minimum atomic E-state index is -0.903. The van der Waals surface area contributed by atoms with E-state index < -0.39 is 12.2 Å². The first-order valence-corrected chi connectivity index (χ1v) is 11.6. The molecular weight excluding hydrogens is 417 g/mol. The van der Waals surface area contributed by atoms with Crippen molar-refractivity contribution in [2.75, 3.05) is 0 Å². The van der Waals surface area contributed by atoms with Gasteiger partial charge in [-0.25, -0.2) is 4.39 Å². The molecule has 172 valence electrons. The van der Waals surface area contributed by atoms with Crippen molar-refractivity contribution in [2.45, 2.75) is 57.7 Å². The van der Waals surface area contributed by atoms with Crippen LogP contribution in [0.4, 0.5) is 4.39 Å². The van der Waals surface area contributed by atoms with Gasteiger partial charge in [0.05, 0.1) is 23.4 Å². The third-order valence-corrected chi connectivity index (χ3v) is 6.14. The number of carbonyl (C=O) groups excluding carboxylic acids is 1. The molecule has 4 nitrogen and oxygen atoms in total. The first-order valence-electron chi connectivity index (χ1n) is 11.6. The van der Waals surface area contributed by atoms with Gasteiger partial charge in [0.25, 0.3) is 0 Å². The fourth-order valence-electron chi connectivity index (χ4n) is 4.13. The topological polar surface area (TPSA) is 70.4 Å². The normalized spacial score (nSPS) is 15.9. The molecule has 0 amide bonds. The number of fused-ring (bicyclic) bond motifs is 1. The number of hydrogen-bond donors (Lipinski definition) is 2. The lowest BCUT2D eigenvalue weighted by Gasteiger charge is -2.17. The Morgan fingerprint density at radius 2 is 1.82 bits per heavy atom. The lowest BCUT2D eigenvalue weighted by Crippen LogP contribution is -2.21. The van der Waals surface area contributed by atoms with Crippen LogP contribution in [-0.4, -0.2) is 33.2 Å². The van der Waals surface area contributed by atoms with Gasteiger partial charge in [0.2, 0.25) is 0 Å². The SMILES string of the molecule is CC(C)C(=O)CC(O)CC(O)/C=C/c1c(C2CC2)nc2ccccc2c1-c1ccc(F)cc1. The van der Waals surface area contributed by atoms with Crippen molar-refractivity contribution < 1.29 is 19.4 Å². The highest BCUT2D eigenvalue weighted by molar-refractivity contribution is 5.99. The third kappa shape index (κ3) is 5.55. The second kappa shape index (κ2) is 9.94. The number of halogens is 1. The van der Waals surface area contributed by atoms with Crippen molar-refractivity contribution in [3.8, 4) is 11.1 Å². The molecule has 1 saturated carbocycles. The highest BCUT2D eigenvalue weighted by atomic mass is 19.1. The van der Waals surface area contributed by atoms with E-state index in [9.17, 15) is 19.4 Å². The number of nitrogens with zero attached hydrogens (tertiary/aromatic N) is 1. The second-order valence-electron chi connectivity index (χ2n) is 9.23. The van der Waals surface area contributed by atoms with Crippen molar-refractivity contribution in [3.63, 3.8) is 0 Å². The summed E-state index contributed by atoms with van der Waals surface area (Å²) in [4.78, 5) is 16.8. The molecule has 1 aliphatic rings. The van der Waals surface area contributed by atoms with Gasteiger partial charge in [-0.3, -0.25) is 9.78 Å². The fraction of sp³-hybridized carbons (Fsp3) is 0.357. The van der Waals surface area contributed by atoms with Gasteiger partial charge in [-0.15, -0.1) is 0 Å². The first-order chi connectivity index (χ1) is 15.8. The molecule has 2 aromatic carbocycles. The van der Waals surface area contributed by atoms with Crippen LogP contribution in [0.1, 0.15) is 56.7 Å². The molecule has 5 heteroatoms. The Labute approximate surface area is 193 Å². The second-order valence-corrected chi connectivity index (χ2v) is 9.23. The van der Waals surface area contributed by atoms with Crippen molar-refractivity contribution in [1.82, 2.24) is 4.98 Å². The first kappa shape index (κ1) is 23.3. The van der Waals surface area contributed by atoms with E-state index in [1.54, 1.807) is 32.1 Å². The standard InChI is InChI=1S/C28H30FNO3/c1-17(2)26(33)16-22(32)15-21(31)13-14-24-27(18-9-11-20(29)12-10-18)23-5-3-4-6-25(23)30-28(24)19-7-8-19/h3-6,9-14,17,19,21-22,31-32H,7-8,15-16H2,1-2H3/b14-13+. The Kier molecular flexibility index (Phi) is 7.01. The number of para-hydroxylation sites is 1. The van der Waals surface area contributed by atoms with Crippen molar-refractivity contribution in [1.29, 1.82) is 0 Å². The Bertz CT molecular complexity index is 1170. The van der Waals surface area contributed by atoms with Gasteiger partial charge < -0.3 is 10.2 Å². The summed E-state index contributed by atoms with van der Waals surface area (Å²) in [6, 6.07) is 14.3. The molecule has 0 aliphatic heterocycles. The summed E-state index contributed by atoms with van der Waals surface area (Å²) in [5, 5.41) is 21.7. The number of hydrogen-bond acceptors (Lipinski definition) is 4. The highest BCUT2D eigenvalue weighted by Gasteiger charge is 2.29. The van der Waals surface area contributed by atoms with Crippen LogP contribution >= 0.6 is 0 Å². The van der Waals surface area contributed by atoms with Gasteiger partial charge >= 0.3 is 0 Å². The number of aliphatic hydroxyl groups is 2. The summed E-state index contributed by atoms with van der Waals surface area (Å²) in [7, 11) is 0. The molecule has 2 N–H and O–H groups in total. The van der Waals surface area contributed by atoms with Gasteiger partial charge in [0.1, 0.15) is 11.6 Å². The smallest absolute Gasteiger partial charge is 0.137 e. The van der Waals surface area contributed by atoms with Crippen molar-refractivity contribution in [2.24, 2.45) is 5.92 Å². The fourth-order valence-corrected chi connectivity index (χ4v) is 4.13. The van der Waals surface area contributed by atoms with Crippen LogP contribution in [0.15, 0.2) is 54.6 Å². The van der Waals surface area contributed by atoms with Crippen LogP contribution in [0.3, 0.4) is 0 Å². The van der Waals surface area contributed by atoms with E-state index in [-0.39, 0.29) is 30.4 Å². The van der Waals surface area contributed by atoms with Gasteiger partial charge in [-0.2, -0.15) is 0 Å². The monoisotopic (exact) mass is 447 g/mol. The number of Topliss-reactive ketones (excluding diaryl/α,β-unsaturated/α-hetero) is 1. The van der Waals surface area contributed by atoms with Gasteiger partial charge in [0.15, 0.2) is 0 Å². The molecular formula is C28H30FNO3. The number of ketones is 1. The predicted molar refractivity (Wildman–Crippen MR) is 129 cm³/mol. The molecule has 4 rings (SSSR count). The Hall–Kier alpha value is -2.89. The van der Waals surface area contributed by atoms with E-state index in [0.29, 0.717) is 5.92 Å². The summed E-state index contributed by atoms with van der Waals surface area (Å²) in [6.45, 7) is 3.60. The summed E-state index contributed by atoms with van der Waals surface area (Å²) < 4.78 is 13.6. The third-order valence-electron chi connectivity index (χ3n) is 6.14. The largest absolute Gasteiger partial charge is 0.393 e. The number of aromatic nitrogens is 1. The molecule has 0 bridgehead atoms. The lowest BCUT2D eigenvalue weighted by molar-refractivity contribution is -0.124. The Morgan fingerprint density at radius 3 is 2.48 bits per heavy atom. The average molecular weight is 448 g/mol. The maximum Gasteiger partial charge on any atom is 0.137 e. The molecule has 0 radical (unpaired) electrons. The zero-order valence-corrected chi connectivity index (χ0v) is 19.0. The molecule has 2 unspecified atom stereocenters.